The summed E-state index contributed by atoms with van der Waals surface area (Å²) in [6, 6.07) is 90.4. The standard InChI is InChI=1S/C37H28.C13H10Br2.C12H11BO2/c1-3-11-30(12-4-1)34-15-7-9-17-36(34)32-23-19-28(20-24-32)27-29-21-25-33(26-22-29)37-18-10-8-16-35(37)31-13-5-2-6-14-31;14-12-5-1-10(2-6-12)9-11-3-7-13(15)8-4-11;14-13(15)12-9-5-4-8-11(12)10-6-2-1-3-7-10/h1-26H,27H2;1-8H,9H2;1-9,14-15H. The zero-order valence-corrected chi connectivity index (χ0v) is 40.1. The number of halogens is 2. The van der Waals surface area contributed by atoms with E-state index in [4.69, 9.17) is 0 Å². The molecule has 10 aromatic carbocycles. The maximum atomic E-state index is 9.22. The van der Waals surface area contributed by atoms with Gasteiger partial charge in [-0.1, -0.05) is 268 Å². The average molecular weight is 997 g/mol. The maximum absolute atomic E-state index is 9.22. The maximum Gasteiger partial charge on any atom is 0.489 e. The van der Waals surface area contributed by atoms with E-state index in [9.17, 15) is 10.0 Å². The van der Waals surface area contributed by atoms with E-state index in [2.05, 4.69) is 238 Å². The molecule has 5 heteroatoms. The smallest absolute Gasteiger partial charge is 0.423 e. The van der Waals surface area contributed by atoms with Crippen molar-refractivity contribution in [1.82, 2.24) is 0 Å². The van der Waals surface area contributed by atoms with Crippen LogP contribution in [0.25, 0.3) is 55.6 Å². The summed E-state index contributed by atoms with van der Waals surface area (Å²) in [5.74, 6) is 0. The highest BCUT2D eigenvalue weighted by atomic mass is 79.9. The first-order chi connectivity index (χ1) is 32.9. The van der Waals surface area contributed by atoms with Gasteiger partial charge in [-0.25, -0.2) is 0 Å². The van der Waals surface area contributed by atoms with Crippen LogP contribution in [0.3, 0.4) is 0 Å². The zero-order chi connectivity index (χ0) is 46.2. The second-order valence-corrected chi connectivity index (χ2v) is 18.0. The molecule has 10 rings (SSSR count). The van der Waals surface area contributed by atoms with Crippen LogP contribution in [0.5, 0.6) is 0 Å². The van der Waals surface area contributed by atoms with Gasteiger partial charge in [-0.3, -0.25) is 0 Å². The van der Waals surface area contributed by atoms with Gasteiger partial charge >= 0.3 is 7.12 Å². The van der Waals surface area contributed by atoms with Crippen molar-refractivity contribution in [2.45, 2.75) is 12.8 Å². The first kappa shape index (κ1) is 46.7. The quantitative estimate of drug-likeness (QED) is 0.134. The Kier molecular flexibility index (Phi) is 16.4. The van der Waals surface area contributed by atoms with E-state index in [1.165, 1.54) is 66.8 Å². The Morgan fingerprint density at radius 2 is 0.493 bits per heavy atom. The molecule has 0 radical (unpaired) electrons. The lowest BCUT2D eigenvalue weighted by Crippen LogP contribution is -2.31. The molecule has 10 aromatic rings. The molecule has 2 nitrogen and oxygen atoms in total. The van der Waals surface area contributed by atoms with Gasteiger partial charge < -0.3 is 10.0 Å². The van der Waals surface area contributed by atoms with E-state index in [0.717, 1.165) is 32.9 Å². The third-order valence-electron chi connectivity index (χ3n) is 11.5. The second kappa shape index (κ2) is 23.6. The van der Waals surface area contributed by atoms with Crippen molar-refractivity contribution in [2.24, 2.45) is 0 Å². The summed E-state index contributed by atoms with van der Waals surface area (Å²) >= 11 is 6.87. The molecule has 0 amide bonds. The van der Waals surface area contributed by atoms with Crippen LogP contribution in [0.2, 0.25) is 0 Å². The van der Waals surface area contributed by atoms with Crippen molar-refractivity contribution in [3.8, 4) is 55.6 Å². The van der Waals surface area contributed by atoms with Crippen LogP contribution in [0.15, 0.2) is 270 Å². The molecule has 0 heterocycles. The molecule has 2 N–H and O–H groups in total. The Hall–Kier alpha value is -6.86. The Morgan fingerprint density at radius 1 is 0.254 bits per heavy atom. The molecular weight excluding hydrogens is 947 g/mol. The van der Waals surface area contributed by atoms with Crippen LogP contribution >= 0.6 is 31.9 Å². The summed E-state index contributed by atoms with van der Waals surface area (Å²) in [5.41, 5.74) is 17.7. The zero-order valence-electron chi connectivity index (χ0n) is 37.0. The summed E-state index contributed by atoms with van der Waals surface area (Å²) in [6.07, 6.45) is 1.90. The Balaban J connectivity index is 0.000000166. The van der Waals surface area contributed by atoms with E-state index in [0.29, 0.717) is 5.46 Å². The average Bonchev–Trinajstić information content (AvgIpc) is 3.39. The summed E-state index contributed by atoms with van der Waals surface area (Å²) in [7, 11) is -1.43. The monoisotopic (exact) mass is 994 g/mol. The minimum atomic E-state index is -1.43. The van der Waals surface area contributed by atoms with Crippen molar-refractivity contribution in [1.29, 1.82) is 0 Å². The highest BCUT2D eigenvalue weighted by Crippen LogP contribution is 2.34. The van der Waals surface area contributed by atoms with Gasteiger partial charge in [0.2, 0.25) is 0 Å². The third kappa shape index (κ3) is 12.9. The molecule has 0 saturated carbocycles. The fourth-order valence-corrected chi connectivity index (χ4v) is 8.62. The Labute approximate surface area is 412 Å². The second-order valence-electron chi connectivity index (χ2n) is 16.2. The van der Waals surface area contributed by atoms with Gasteiger partial charge in [0.15, 0.2) is 0 Å². The van der Waals surface area contributed by atoms with Gasteiger partial charge in [0.1, 0.15) is 0 Å². The molecule has 0 atom stereocenters. The lowest BCUT2D eigenvalue weighted by atomic mass is 9.75. The third-order valence-corrected chi connectivity index (χ3v) is 12.6. The van der Waals surface area contributed by atoms with Crippen molar-refractivity contribution in [3.63, 3.8) is 0 Å². The van der Waals surface area contributed by atoms with Crippen LogP contribution in [0, 0.1) is 0 Å². The predicted octanol–water partition coefficient (Wildman–Crippen LogP) is 15.8. The van der Waals surface area contributed by atoms with Crippen molar-refractivity contribution < 1.29 is 10.0 Å². The van der Waals surface area contributed by atoms with Gasteiger partial charge in [0.25, 0.3) is 0 Å². The molecule has 0 spiro atoms. The van der Waals surface area contributed by atoms with Crippen molar-refractivity contribution in [3.05, 3.63) is 292 Å². The normalized spacial score (nSPS) is 10.5. The van der Waals surface area contributed by atoms with Crippen LogP contribution in [0.4, 0.5) is 0 Å². The highest BCUT2D eigenvalue weighted by molar-refractivity contribution is 9.10. The highest BCUT2D eigenvalue weighted by Gasteiger charge is 2.16. The van der Waals surface area contributed by atoms with Crippen LogP contribution < -0.4 is 5.46 Å². The summed E-state index contributed by atoms with van der Waals surface area (Å²) < 4.78 is 2.25. The molecule has 0 bridgehead atoms. The van der Waals surface area contributed by atoms with Gasteiger partial charge in [0, 0.05) is 8.95 Å². The molecular formula is C62H49BBr2O2. The number of rotatable bonds is 10. The molecule has 0 aromatic heterocycles. The molecule has 67 heavy (non-hydrogen) atoms. The molecule has 326 valence electrons. The fourth-order valence-electron chi connectivity index (χ4n) is 8.09. The molecule has 0 fully saturated rings. The van der Waals surface area contributed by atoms with Gasteiger partial charge in [0.05, 0.1) is 0 Å². The molecule has 0 saturated heterocycles. The van der Waals surface area contributed by atoms with E-state index < -0.39 is 7.12 Å². The van der Waals surface area contributed by atoms with Gasteiger partial charge in [-0.2, -0.15) is 0 Å². The number of benzene rings is 10. The van der Waals surface area contributed by atoms with Crippen molar-refractivity contribution >= 4 is 44.4 Å². The first-order valence-corrected chi connectivity index (χ1v) is 23.9. The molecule has 0 aliphatic rings. The van der Waals surface area contributed by atoms with E-state index >= 15 is 0 Å². The largest absolute Gasteiger partial charge is 0.489 e. The fraction of sp³-hybridized carbons (Fsp3) is 0.0323. The van der Waals surface area contributed by atoms with Crippen LogP contribution in [0.1, 0.15) is 22.3 Å². The van der Waals surface area contributed by atoms with Crippen LogP contribution in [-0.4, -0.2) is 17.2 Å². The molecule has 0 aliphatic heterocycles. The van der Waals surface area contributed by atoms with Gasteiger partial charge in [-0.15, -0.1) is 0 Å². The predicted molar refractivity (Wildman–Crippen MR) is 290 cm³/mol. The van der Waals surface area contributed by atoms with Crippen molar-refractivity contribution in [2.75, 3.05) is 0 Å². The number of hydrogen-bond donors (Lipinski definition) is 2. The molecule has 0 aliphatic carbocycles. The lowest BCUT2D eigenvalue weighted by Gasteiger charge is -2.12. The Bertz CT molecular complexity index is 2900. The van der Waals surface area contributed by atoms with Gasteiger partial charge in [-0.05, 0) is 120 Å². The first-order valence-electron chi connectivity index (χ1n) is 22.3. The number of hydrogen-bond acceptors (Lipinski definition) is 2. The SMILES string of the molecule is Brc1ccc(Cc2ccc(Br)cc2)cc1.OB(O)c1ccccc1-c1ccccc1.c1ccc(-c2ccccc2-c2ccc(Cc3ccc(-c4ccccc4-c4ccccc4)cc3)cc2)cc1. The molecule has 0 unspecified atom stereocenters. The van der Waals surface area contributed by atoms with Crippen LogP contribution in [-0.2, 0) is 12.8 Å². The minimum absolute atomic E-state index is 0.531. The summed E-state index contributed by atoms with van der Waals surface area (Å²) in [6.45, 7) is 0. The summed E-state index contributed by atoms with van der Waals surface area (Å²) in [5, 5.41) is 18.4. The van der Waals surface area contributed by atoms with E-state index in [1.54, 1.807) is 12.1 Å². The topological polar surface area (TPSA) is 40.5 Å². The summed E-state index contributed by atoms with van der Waals surface area (Å²) in [4.78, 5) is 0. The lowest BCUT2D eigenvalue weighted by molar-refractivity contribution is 0.426. The minimum Gasteiger partial charge on any atom is -0.423 e. The Morgan fingerprint density at radius 3 is 0.806 bits per heavy atom. The van der Waals surface area contributed by atoms with E-state index in [1.807, 2.05) is 42.5 Å². The van der Waals surface area contributed by atoms with E-state index in [-0.39, 0.29) is 0 Å².